The first-order valence-electron chi connectivity index (χ1n) is 9.97. The number of benzene rings is 1. The van der Waals surface area contributed by atoms with Crippen LogP contribution in [0, 0.1) is 5.41 Å². The molecule has 1 fully saturated rings. The lowest BCUT2D eigenvalue weighted by atomic mass is 9.72. The molecule has 0 aliphatic carbocycles. The third-order valence-corrected chi connectivity index (χ3v) is 4.93. The maximum atomic E-state index is 12.6. The van der Waals surface area contributed by atoms with Gasteiger partial charge in [-0.1, -0.05) is 32.0 Å². The second-order valence-electron chi connectivity index (χ2n) is 8.24. The molecule has 10 heteroatoms. The van der Waals surface area contributed by atoms with Crippen molar-refractivity contribution in [2.45, 2.75) is 26.2 Å². The average molecular weight is 422 g/mol. The number of nitrogens with zero attached hydrogens (tertiary/aromatic N) is 2. The third kappa shape index (κ3) is 5.09. The molecule has 9 nitrogen and oxygen atoms in total. The Morgan fingerprint density at radius 1 is 1.16 bits per heavy atom. The smallest absolute Gasteiger partial charge is 0.464 e. The molecule has 0 radical (unpaired) electrons. The Morgan fingerprint density at radius 2 is 1.94 bits per heavy atom. The lowest BCUT2D eigenvalue weighted by Crippen LogP contribution is -2.56. The first-order chi connectivity index (χ1) is 14.9. The normalized spacial score (nSPS) is 16.6. The van der Waals surface area contributed by atoms with Crippen molar-refractivity contribution < 1.29 is 23.3 Å². The maximum Gasteiger partial charge on any atom is 0.481 e. The van der Waals surface area contributed by atoms with Crippen LogP contribution in [0.3, 0.4) is 0 Å². The summed E-state index contributed by atoms with van der Waals surface area (Å²) in [6.07, 6.45) is 6.27. The van der Waals surface area contributed by atoms with Crippen LogP contribution >= 0.6 is 0 Å². The maximum absolute atomic E-state index is 12.6. The Bertz CT molecular complexity index is 1060. The van der Waals surface area contributed by atoms with Crippen LogP contribution in [0.15, 0.2) is 53.5 Å². The lowest BCUT2D eigenvalue weighted by Gasteiger charge is -2.36. The van der Waals surface area contributed by atoms with Crippen LogP contribution in [0.4, 0.5) is 5.82 Å². The first-order valence-corrected chi connectivity index (χ1v) is 9.97. The Labute approximate surface area is 179 Å². The van der Waals surface area contributed by atoms with E-state index in [2.05, 4.69) is 20.6 Å². The highest BCUT2D eigenvalue weighted by molar-refractivity contribution is 6.49. The van der Waals surface area contributed by atoms with E-state index in [1.165, 1.54) is 18.6 Å². The number of nitrogens with one attached hydrogen (secondary N) is 2. The van der Waals surface area contributed by atoms with Gasteiger partial charge in [-0.05, 0) is 18.1 Å². The molecule has 1 aromatic carbocycles. The monoisotopic (exact) mass is 422 g/mol. The van der Waals surface area contributed by atoms with Gasteiger partial charge in [0, 0.05) is 36.4 Å². The SMILES string of the molecule is CC1(C)COB(C(Cc2coc3ccccc23)NC(=O)C(=O)Nc2cnccn2)OC1. The molecular weight excluding hydrogens is 399 g/mol. The Balaban J connectivity index is 1.50. The summed E-state index contributed by atoms with van der Waals surface area (Å²) in [7, 11) is -0.699. The molecule has 3 aromatic rings. The predicted octanol–water partition coefficient (Wildman–Crippen LogP) is 1.99. The highest BCUT2D eigenvalue weighted by atomic mass is 16.6. The summed E-state index contributed by atoms with van der Waals surface area (Å²) in [5.41, 5.74) is 1.50. The van der Waals surface area contributed by atoms with Crippen molar-refractivity contribution in [2.24, 2.45) is 5.41 Å². The topological polar surface area (TPSA) is 116 Å². The summed E-state index contributed by atoms with van der Waals surface area (Å²) >= 11 is 0. The van der Waals surface area contributed by atoms with Crippen LogP contribution in [0.25, 0.3) is 11.0 Å². The van der Waals surface area contributed by atoms with Gasteiger partial charge in [-0.25, -0.2) is 4.98 Å². The van der Waals surface area contributed by atoms with Gasteiger partial charge in [-0.2, -0.15) is 0 Å². The van der Waals surface area contributed by atoms with Crippen molar-refractivity contribution in [1.82, 2.24) is 15.3 Å². The van der Waals surface area contributed by atoms with E-state index < -0.39 is 24.9 Å². The quantitative estimate of drug-likeness (QED) is 0.477. The molecule has 1 saturated heterocycles. The van der Waals surface area contributed by atoms with Crippen molar-refractivity contribution in [2.75, 3.05) is 18.5 Å². The highest BCUT2D eigenvalue weighted by Crippen LogP contribution is 2.26. The van der Waals surface area contributed by atoms with Crippen LogP contribution < -0.4 is 10.6 Å². The summed E-state index contributed by atoms with van der Waals surface area (Å²) in [5, 5.41) is 6.11. The van der Waals surface area contributed by atoms with Gasteiger partial charge < -0.3 is 24.4 Å². The summed E-state index contributed by atoms with van der Waals surface area (Å²) in [6.45, 7) is 5.02. The fraction of sp³-hybridized carbons (Fsp3) is 0.333. The first kappa shape index (κ1) is 21.0. The van der Waals surface area contributed by atoms with Crippen LogP contribution in [0.5, 0.6) is 0 Å². The summed E-state index contributed by atoms with van der Waals surface area (Å²) in [6, 6.07) is 7.62. The number of rotatable bonds is 5. The van der Waals surface area contributed by atoms with Crippen LogP contribution in [0.1, 0.15) is 19.4 Å². The summed E-state index contributed by atoms with van der Waals surface area (Å²) < 4.78 is 17.4. The molecule has 3 heterocycles. The van der Waals surface area contributed by atoms with Gasteiger partial charge in [-0.15, -0.1) is 0 Å². The largest absolute Gasteiger partial charge is 0.481 e. The van der Waals surface area contributed by atoms with E-state index in [0.29, 0.717) is 19.6 Å². The molecule has 2 aromatic heterocycles. The van der Waals surface area contributed by atoms with Crippen LogP contribution in [-0.4, -0.2) is 48.1 Å². The van der Waals surface area contributed by atoms with E-state index >= 15 is 0 Å². The van der Waals surface area contributed by atoms with E-state index in [1.54, 1.807) is 6.26 Å². The van der Waals surface area contributed by atoms with Crippen molar-refractivity contribution >= 4 is 35.7 Å². The zero-order valence-electron chi connectivity index (χ0n) is 17.3. The molecule has 0 saturated carbocycles. The van der Waals surface area contributed by atoms with Crippen molar-refractivity contribution in [3.8, 4) is 0 Å². The Hall–Kier alpha value is -3.24. The van der Waals surface area contributed by atoms with Gasteiger partial charge in [0.05, 0.1) is 18.4 Å². The minimum atomic E-state index is -0.848. The number of aromatic nitrogens is 2. The minimum absolute atomic E-state index is 0.128. The minimum Gasteiger partial charge on any atom is -0.464 e. The molecule has 31 heavy (non-hydrogen) atoms. The number of anilines is 1. The zero-order chi connectivity index (χ0) is 21.8. The van der Waals surface area contributed by atoms with Crippen LogP contribution in [-0.2, 0) is 25.3 Å². The molecule has 1 aliphatic rings. The molecule has 1 aliphatic heterocycles. The van der Waals surface area contributed by atoms with Gasteiger partial charge in [0.25, 0.3) is 0 Å². The fourth-order valence-electron chi connectivity index (χ4n) is 3.35. The fourth-order valence-corrected chi connectivity index (χ4v) is 3.35. The molecule has 2 amide bonds. The van der Waals surface area contributed by atoms with E-state index in [4.69, 9.17) is 13.7 Å². The van der Waals surface area contributed by atoms with Gasteiger partial charge in [0.1, 0.15) is 5.58 Å². The number of carbonyl (C=O) groups is 2. The second kappa shape index (κ2) is 8.87. The van der Waals surface area contributed by atoms with E-state index in [-0.39, 0.29) is 11.2 Å². The standard InChI is InChI=1S/C21H23BN4O5/c1-21(2)12-30-22(31-13-21)17(9-14-11-29-16-6-4-3-5-15(14)16)25-19(27)20(28)26-18-10-23-7-8-24-18/h3-8,10-11,17H,9,12-13H2,1-2H3,(H,25,27)(H,24,26,28). The number of furan rings is 1. The van der Waals surface area contributed by atoms with Gasteiger partial charge in [-0.3, -0.25) is 14.6 Å². The van der Waals surface area contributed by atoms with Gasteiger partial charge in [0.15, 0.2) is 5.82 Å². The average Bonchev–Trinajstić information content (AvgIpc) is 3.17. The van der Waals surface area contributed by atoms with Gasteiger partial charge >= 0.3 is 18.9 Å². The number of hydrogen-bond donors (Lipinski definition) is 2. The molecular formula is C21H23BN4O5. The predicted molar refractivity (Wildman–Crippen MR) is 114 cm³/mol. The number of para-hydroxylation sites is 1. The third-order valence-electron chi connectivity index (χ3n) is 4.93. The number of carbonyl (C=O) groups excluding carboxylic acids is 2. The number of fused-ring (bicyclic) bond motifs is 1. The molecule has 0 bridgehead atoms. The Morgan fingerprint density at radius 3 is 2.68 bits per heavy atom. The van der Waals surface area contributed by atoms with E-state index in [0.717, 1.165) is 16.5 Å². The Kier molecular flexibility index (Phi) is 6.01. The molecule has 0 spiro atoms. The number of hydrogen-bond acceptors (Lipinski definition) is 7. The molecule has 1 atom stereocenters. The lowest BCUT2D eigenvalue weighted by molar-refractivity contribution is -0.136. The van der Waals surface area contributed by atoms with E-state index in [1.807, 2.05) is 38.1 Å². The zero-order valence-corrected chi connectivity index (χ0v) is 17.3. The van der Waals surface area contributed by atoms with E-state index in [9.17, 15) is 9.59 Å². The molecule has 2 N–H and O–H groups in total. The summed E-state index contributed by atoms with van der Waals surface area (Å²) in [4.78, 5) is 32.8. The molecule has 1 unspecified atom stereocenters. The van der Waals surface area contributed by atoms with Crippen molar-refractivity contribution in [1.29, 1.82) is 0 Å². The highest BCUT2D eigenvalue weighted by Gasteiger charge is 2.40. The summed E-state index contributed by atoms with van der Waals surface area (Å²) in [5.74, 6) is -2.08. The number of amides is 2. The molecule has 4 rings (SSSR count). The van der Waals surface area contributed by atoms with Gasteiger partial charge in [0.2, 0.25) is 0 Å². The molecule has 160 valence electrons. The van der Waals surface area contributed by atoms with Crippen molar-refractivity contribution in [3.05, 3.63) is 54.7 Å². The van der Waals surface area contributed by atoms with Crippen molar-refractivity contribution in [3.63, 3.8) is 0 Å². The van der Waals surface area contributed by atoms with Crippen LogP contribution in [0.2, 0.25) is 0 Å². The second-order valence-corrected chi connectivity index (χ2v) is 8.24.